The minimum absolute atomic E-state index is 0.254. The molecule has 0 aromatic rings. The molecule has 2 unspecified atom stereocenters. The van der Waals surface area contributed by atoms with Crippen molar-refractivity contribution in [3.05, 3.63) is 0 Å². The minimum atomic E-state index is 0.254. The first-order valence-corrected chi connectivity index (χ1v) is 6.35. The number of hydrogen-bond acceptors (Lipinski definition) is 2. The molecule has 2 atom stereocenters. The minimum Gasteiger partial charge on any atom is -0.381 e. The van der Waals surface area contributed by atoms with Gasteiger partial charge in [0.15, 0.2) is 0 Å². The van der Waals surface area contributed by atoms with E-state index >= 15 is 0 Å². The van der Waals surface area contributed by atoms with Gasteiger partial charge in [0.25, 0.3) is 0 Å². The maximum atomic E-state index is 5.62. The first-order chi connectivity index (χ1) is 7.03. The van der Waals surface area contributed by atoms with E-state index in [2.05, 4.69) is 33.0 Å². The molecule has 0 bridgehead atoms. The normalized spacial score (nSPS) is 26.4. The van der Waals surface area contributed by atoms with Crippen molar-refractivity contribution in [3.8, 4) is 0 Å². The Morgan fingerprint density at radius 3 is 2.33 bits per heavy atom. The second kappa shape index (κ2) is 5.86. The summed E-state index contributed by atoms with van der Waals surface area (Å²) in [6.07, 6.45) is 3.88. The predicted molar refractivity (Wildman–Crippen MR) is 65.1 cm³/mol. The van der Waals surface area contributed by atoms with Crippen LogP contribution in [0.2, 0.25) is 0 Å². The molecule has 0 heterocycles. The maximum absolute atomic E-state index is 5.62. The quantitative estimate of drug-likeness (QED) is 0.685. The Bertz CT molecular complexity index is 174. The molecule has 0 amide bonds. The van der Waals surface area contributed by atoms with Gasteiger partial charge >= 0.3 is 0 Å². The summed E-state index contributed by atoms with van der Waals surface area (Å²) in [5.74, 6) is 1.66. The fourth-order valence-electron chi connectivity index (χ4n) is 1.94. The van der Waals surface area contributed by atoms with E-state index in [0.717, 1.165) is 38.0 Å². The van der Waals surface area contributed by atoms with E-state index < -0.39 is 0 Å². The van der Waals surface area contributed by atoms with Crippen LogP contribution < -0.4 is 5.32 Å². The molecule has 0 aromatic heterocycles. The van der Waals surface area contributed by atoms with Gasteiger partial charge < -0.3 is 10.1 Å². The van der Waals surface area contributed by atoms with Crippen molar-refractivity contribution in [1.82, 2.24) is 5.32 Å². The Morgan fingerprint density at radius 2 is 1.87 bits per heavy atom. The lowest BCUT2D eigenvalue weighted by atomic mass is 9.74. The van der Waals surface area contributed by atoms with Crippen LogP contribution in [0.25, 0.3) is 0 Å². The lowest BCUT2D eigenvalue weighted by Crippen LogP contribution is -2.44. The van der Waals surface area contributed by atoms with E-state index in [9.17, 15) is 0 Å². The highest BCUT2D eigenvalue weighted by molar-refractivity contribution is 4.84. The zero-order chi connectivity index (χ0) is 11.3. The summed E-state index contributed by atoms with van der Waals surface area (Å²) in [7, 11) is 0. The van der Waals surface area contributed by atoms with Crippen molar-refractivity contribution in [3.63, 3.8) is 0 Å². The van der Waals surface area contributed by atoms with Crippen LogP contribution >= 0.6 is 0 Å². The van der Waals surface area contributed by atoms with Crippen LogP contribution in [0.1, 0.15) is 47.0 Å². The first kappa shape index (κ1) is 13.0. The molecular weight excluding hydrogens is 186 g/mol. The summed E-state index contributed by atoms with van der Waals surface area (Å²) in [5.41, 5.74) is 0.254. The second-order valence-corrected chi connectivity index (χ2v) is 5.80. The summed E-state index contributed by atoms with van der Waals surface area (Å²) < 4.78 is 5.62. The van der Waals surface area contributed by atoms with Gasteiger partial charge in [-0.2, -0.15) is 0 Å². The number of nitrogens with one attached hydrogen (secondary N) is 1. The Morgan fingerprint density at radius 1 is 1.20 bits per heavy atom. The number of hydrogen-bond donors (Lipinski definition) is 1. The summed E-state index contributed by atoms with van der Waals surface area (Å²) in [4.78, 5) is 0. The Hall–Kier alpha value is -0.0800. The molecule has 0 saturated heterocycles. The summed E-state index contributed by atoms with van der Waals surface area (Å²) in [6, 6.07) is 0. The van der Waals surface area contributed by atoms with Gasteiger partial charge in [-0.15, -0.1) is 0 Å². The average molecular weight is 213 g/mol. The van der Waals surface area contributed by atoms with Crippen LogP contribution in [0, 0.1) is 11.8 Å². The van der Waals surface area contributed by atoms with Crippen molar-refractivity contribution in [1.29, 1.82) is 0 Å². The monoisotopic (exact) mass is 213 g/mol. The predicted octanol–water partition coefficient (Wildman–Crippen LogP) is 2.83. The van der Waals surface area contributed by atoms with Gasteiger partial charge in [-0.25, -0.2) is 0 Å². The van der Waals surface area contributed by atoms with E-state index in [1.807, 2.05) is 0 Å². The van der Waals surface area contributed by atoms with Gasteiger partial charge in [0.1, 0.15) is 0 Å². The third kappa shape index (κ3) is 4.98. The first-order valence-electron chi connectivity index (χ1n) is 6.35. The highest BCUT2D eigenvalue weighted by atomic mass is 16.5. The zero-order valence-corrected chi connectivity index (χ0v) is 10.8. The Labute approximate surface area is 94.8 Å². The third-order valence-corrected chi connectivity index (χ3v) is 3.15. The van der Waals surface area contributed by atoms with Crippen LogP contribution in [-0.2, 0) is 4.74 Å². The van der Waals surface area contributed by atoms with E-state index in [1.54, 1.807) is 0 Å². The Kier molecular flexibility index (Phi) is 5.07. The van der Waals surface area contributed by atoms with Crippen LogP contribution in [-0.4, -0.2) is 25.3 Å². The van der Waals surface area contributed by atoms with Gasteiger partial charge in [0, 0.05) is 18.8 Å². The fraction of sp³-hybridized carbons (Fsp3) is 1.00. The molecule has 0 spiro atoms. The summed E-state index contributed by atoms with van der Waals surface area (Å²) >= 11 is 0. The molecule has 0 aliphatic heterocycles. The van der Waals surface area contributed by atoms with Crippen LogP contribution in [0.5, 0.6) is 0 Å². The van der Waals surface area contributed by atoms with E-state index in [1.165, 1.54) is 12.8 Å². The topological polar surface area (TPSA) is 21.3 Å². The molecular formula is C13H27NO. The SMILES string of the molecule is CCCOCC1CCC1CNC(C)(C)C. The van der Waals surface area contributed by atoms with Crippen molar-refractivity contribution >= 4 is 0 Å². The van der Waals surface area contributed by atoms with Gasteiger partial charge in [-0.3, -0.25) is 0 Å². The third-order valence-electron chi connectivity index (χ3n) is 3.15. The van der Waals surface area contributed by atoms with Crippen molar-refractivity contribution < 1.29 is 4.74 Å². The van der Waals surface area contributed by atoms with E-state index in [-0.39, 0.29) is 5.54 Å². The van der Waals surface area contributed by atoms with E-state index in [0.29, 0.717) is 0 Å². The van der Waals surface area contributed by atoms with Gasteiger partial charge in [-0.05, 0) is 58.4 Å². The molecule has 2 nitrogen and oxygen atoms in total. The highest BCUT2D eigenvalue weighted by Crippen LogP contribution is 2.34. The van der Waals surface area contributed by atoms with Crippen LogP contribution in [0.3, 0.4) is 0 Å². The molecule has 1 fully saturated rings. The molecule has 2 heteroatoms. The van der Waals surface area contributed by atoms with Crippen LogP contribution in [0.4, 0.5) is 0 Å². The lowest BCUT2D eigenvalue weighted by Gasteiger charge is -2.38. The maximum Gasteiger partial charge on any atom is 0.0497 e. The zero-order valence-electron chi connectivity index (χ0n) is 10.8. The average Bonchev–Trinajstić information content (AvgIpc) is 2.08. The standard InChI is InChI=1S/C13H27NO/c1-5-8-15-10-12-7-6-11(12)9-14-13(2,3)4/h11-12,14H,5-10H2,1-4H3. The van der Waals surface area contributed by atoms with Crippen molar-refractivity contribution in [2.45, 2.75) is 52.5 Å². The largest absolute Gasteiger partial charge is 0.381 e. The molecule has 1 aliphatic carbocycles. The van der Waals surface area contributed by atoms with Crippen molar-refractivity contribution in [2.24, 2.45) is 11.8 Å². The number of rotatable bonds is 6. The molecule has 90 valence electrons. The number of ether oxygens (including phenoxy) is 1. The van der Waals surface area contributed by atoms with Gasteiger partial charge in [0.05, 0.1) is 0 Å². The van der Waals surface area contributed by atoms with E-state index in [4.69, 9.17) is 4.74 Å². The second-order valence-electron chi connectivity index (χ2n) is 5.80. The lowest BCUT2D eigenvalue weighted by molar-refractivity contribution is 0.0301. The Balaban J connectivity index is 2.10. The van der Waals surface area contributed by atoms with Crippen LogP contribution in [0.15, 0.2) is 0 Å². The van der Waals surface area contributed by atoms with Gasteiger partial charge in [-0.1, -0.05) is 6.92 Å². The molecule has 1 rings (SSSR count). The van der Waals surface area contributed by atoms with Crippen molar-refractivity contribution in [2.75, 3.05) is 19.8 Å². The summed E-state index contributed by atoms with van der Waals surface area (Å²) in [6.45, 7) is 11.9. The smallest absolute Gasteiger partial charge is 0.0497 e. The molecule has 1 N–H and O–H groups in total. The molecule has 0 aromatic carbocycles. The molecule has 0 radical (unpaired) electrons. The molecule has 1 aliphatic rings. The molecule has 15 heavy (non-hydrogen) atoms. The van der Waals surface area contributed by atoms with Gasteiger partial charge in [0.2, 0.25) is 0 Å². The fourth-order valence-corrected chi connectivity index (χ4v) is 1.94. The highest BCUT2D eigenvalue weighted by Gasteiger charge is 2.31. The molecule has 1 saturated carbocycles. The summed E-state index contributed by atoms with van der Waals surface area (Å²) in [5, 5.41) is 3.59.